The number of rotatable bonds is 10. The van der Waals surface area contributed by atoms with Crippen molar-refractivity contribution >= 4 is 42.3 Å². The lowest BCUT2D eigenvalue weighted by Gasteiger charge is -2.22. The van der Waals surface area contributed by atoms with E-state index in [1.165, 1.54) is 14.2 Å². The van der Waals surface area contributed by atoms with Crippen LogP contribution in [0.5, 0.6) is 5.75 Å². The van der Waals surface area contributed by atoms with Crippen LogP contribution in [0.1, 0.15) is 17.2 Å². The van der Waals surface area contributed by atoms with E-state index >= 15 is 0 Å². The molecule has 2 amide bonds. The number of imide groups is 1. The third kappa shape index (κ3) is 6.55. The molecule has 0 aromatic heterocycles. The maximum absolute atomic E-state index is 12.5. The molecular formula is C20H21ClNO7PS. The Morgan fingerprint density at radius 3 is 2.42 bits per heavy atom. The normalized spacial score (nSPS) is 17.5. The molecule has 8 nitrogen and oxygen atoms in total. The average Bonchev–Trinajstić information content (AvgIpc) is 3.08. The highest BCUT2D eigenvalue weighted by Gasteiger charge is 2.32. The van der Waals surface area contributed by atoms with Crippen LogP contribution in [0.3, 0.4) is 0 Å². The minimum atomic E-state index is -3.77. The van der Waals surface area contributed by atoms with Gasteiger partial charge in [-0.15, -0.1) is 0 Å². The van der Waals surface area contributed by atoms with E-state index in [-0.39, 0.29) is 17.8 Å². The lowest BCUT2D eigenvalue weighted by molar-refractivity contribution is -0.118. The number of ether oxygens (including phenoxy) is 1. The monoisotopic (exact) mass is 485 g/mol. The van der Waals surface area contributed by atoms with Crippen molar-refractivity contribution in [3.63, 3.8) is 0 Å². The number of carbonyl (C=O) groups excluding carboxylic acids is 2. The number of hydrogen-bond acceptors (Lipinski definition) is 8. The largest absolute Gasteiger partial charge is 0.491 e. The van der Waals surface area contributed by atoms with Gasteiger partial charge in [-0.2, -0.15) is 0 Å². The van der Waals surface area contributed by atoms with Crippen LogP contribution < -0.4 is 10.1 Å². The van der Waals surface area contributed by atoms with E-state index < -0.39 is 19.2 Å². The van der Waals surface area contributed by atoms with Crippen molar-refractivity contribution in [3.8, 4) is 5.75 Å². The van der Waals surface area contributed by atoms with Gasteiger partial charge < -0.3 is 4.74 Å². The van der Waals surface area contributed by atoms with Gasteiger partial charge in [0, 0.05) is 19.2 Å². The van der Waals surface area contributed by atoms with Gasteiger partial charge in [-0.1, -0.05) is 47.6 Å². The third-order valence-corrected chi connectivity index (χ3v) is 7.06. The molecule has 0 bridgehead atoms. The van der Waals surface area contributed by atoms with Crippen LogP contribution in [-0.2, 0) is 29.4 Å². The van der Waals surface area contributed by atoms with Gasteiger partial charge in [0.15, 0.2) is 0 Å². The van der Waals surface area contributed by atoms with Crippen molar-refractivity contribution < 1.29 is 32.5 Å². The zero-order chi connectivity index (χ0) is 22.4. The molecule has 2 unspecified atom stereocenters. The van der Waals surface area contributed by atoms with Gasteiger partial charge >= 0.3 is 7.82 Å². The second kappa shape index (κ2) is 10.6. The number of phosphoric acid groups is 1. The molecule has 31 heavy (non-hydrogen) atoms. The summed E-state index contributed by atoms with van der Waals surface area (Å²) in [6, 6.07) is 14.0. The number of benzene rings is 2. The fourth-order valence-electron chi connectivity index (χ4n) is 2.85. The zero-order valence-electron chi connectivity index (χ0n) is 16.8. The summed E-state index contributed by atoms with van der Waals surface area (Å²) in [6.07, 6.45) is -0.338. The summed E-state index contributed by atoms with van der Waals surface area (Å²) in [6.45, 7) is 0.0196. The molecule has 0 saturated carbocycles. The number of phosphoric ester groups is 1. The first-order chi connectivity index (χ1) is 14.8. The van der Waals surface area contributed by atoms with Gasteiger partial charge in [0.1, 0.15) is 18.5 Å². The lowest BCUT2D eigenvalue weighted by atomic mass is 10.1. The molecule has 1 saturated heterocycles. The van der Waals surface area contributed by atoms with Gasteiger partial charge in [0.2, 0.25) is 5.91 Å². The quantitative estimate of drug-likeness (QED) is 0.480. The Hall–Kier alpha value is -1.87. The lowest BCUT2D eigenvalue weighted by Crippen LogP contribution is -2.25. The van der Waals surface area contributed by atoms with Crippen LogP contribution in [0.2, 0.25) is 5.02 Å². The van der Waals surface area contributed by atoms with Crippen LogP contribution in [-0.4, -0.2) is 37.2 Å². The fraction of sp³-hybridized carbons (Fsp3) is 0.300. The molecule has 1 aliphatic heterocycles. The van der Waals surface area contributed by atoms with Crippen LogP contribution in [0, 0.1) is 0 Å². The Morgan fingerprint density at radius 2 is 1.84 bits per heavy atom. The smallest absolute Gasteiger partial charge is 0.474 e. The molecule has 11 heteroatoms. The SMILES string of the molecule is COP(=O)(OC)OC(COc1ccc(CC2SC(=O)NC2=O)cc1)c1cccc(Cl)c1. The van der Waals surface area contributed by atoms with Gasteiger partial charge in [-0.3, -0.25) is 28.5 Å². The van der Waals surface area contributed by atoms with Crippen molar-refractivity contribution in [2.45, 2.75) is 17.8 Å². The molecule has 2 aromatic carbocycles. The van der Waals surface area contributed by atoms with Crippen LogP contribution in [0.15, 0.2) is 48.5 Å². The Kier molecular flexibility index (Phi) is 8.16. The maximum atomic E-state index is 12.5. The van der Waals surface area contributed by atoms with Crippen molar-refractivity contribution in [2.24, 2.45) is 0 Å². The van der Waals surface area contributed by atoms with E-state index in [0.29, 0.717) is 22.8 Å². The van der Waals surface area contributed by atoms with Crippen molar-refractivity contribution in [1.82, 2.24) is 5.32 Å². The highest BCUT2D eigenvalue weighted by atomic mass is 35.5. The molecule has 1 aliphatic rings. The Balaban J connectivity index is 1.67. The molecule has 0 radical (unpaired) electrons. The summed E-state index contributed by atoms with van der Waals surface area (Å²) in [5, 5.41) is 2.00. The molecular weight excluding hydrogens is 465 g/mol. The van der Waals surface area contributed by atoms with E-state index in [4.69, 9.17) is 29.9 Å². The first-order valence-electron chi connectivity index (χ1n) is 9.20. The molecule has 1 N–H and O–H groups in total. The summed E-state index contributed by atoms with van der Waals surface area (Å²) in [4.78, 5) is 23.0. The highest BCUT2D eigenvalue weighted by molar-refractivity contribution is 8.15. The molecule has 2 atom stereocenters. The summed E-state index contributed by atoms with van der Waals surface area (Å²) < 4.78 is 33.6. The van der Waals surface area contributed by atoms with Gasteiger partial charge in [0.25, 0.3) is 5.24 Å². The van der Waals surface area contributed by atoms with E-state index in [0.717, 1.165) is 17.3 Å². The topological polar surface area (TPSA) is 100 Å². The van der Waals surface area contributed by atoms with Crippen LogP contribution >= 0.6 is 31.2 Å². The third-order valence-electron chi connectivity index (χ3n) is 4.44. The summed E-state index contributed by atoms with van der Waals surface area (Å²) >= 11 is 7.06. The van der Waals surface area contributed by atoms with Gasteiger partial charge in [0.05, 0.1) is 5.25 Å². The molecule has 1 fully saturated rings. The second-order valence-corrected chi connectivity index (χ2v) is 9.95. The summed E-state index contributed by atoms with van der Waals surface area (Å²) in [5.74, 6) is 0.265. The predicted octanol–water partition coefficient (Wildman–Crippen LogP) is 4.77. The standard InChI is InChI=1S/C20H21ClNO7PS/c1-26-30(25,27-2)29-17(14-4-3-5-15(21)11-14)12-28-16-8-6-13(7-9-16)10-18-19(23)22-20(24)31-18/h3-9,11,17-18H,10,12H2,1-2H3,(H,22,23,24). The second-order valence-electron chi connectivity index (χ2n) is 6.50. The molecule has 2 aromatic rings. The Labute approximate surface area is 189 Å². The minimum absolute atomic E-state index is 0.0196. The van der Waals surface area contributed by atoms with Crippen molar-refractivity contribution in [2.75, 3.05) is 20.8 Å². The first-order valence-corrected chi connectivity index (χ1v) is 11.9. The van der Waals surface area contributed by atoms with E-state index in [9.17, 15) is 14.2 Å². The van der Waals surface area contributed by atoms with Crippen LogP contribution in [0.25, 0.3) is 0 Å². The van der Waals surface area contributed by atoms with Gasteiger partial charge in [-0.05, 0) is 41.8 Å². The molecule has 0 spiro atoms. The number of nitrogens with one attached hydrogen (secondary N) is 1. The molecule has 3 rings (SSSR count). The Bertz CT molecular complexity index is 980. The fourth-order valence-corrected chi connectivity index (χ4v) is 4.72. The van der Waals surface area contributed by atoms with E-state index in [1.54, 1.807) is 36.4 Å². The maximum Gasteiger partial charge on any atom is 0.474 e. The van der Waals surface area contributed by atoms with E-state index in [2.05, 4.69) is 5.32 Å². The van der Waals surface area contributed by atoms with Crippen molar-refractivity contribution in [1.29, 1.82) is 0 Å². The molecule has 1 heterocycles. The highest BCUT2D eigenvalue weighted by Crippen LogP contribution is 2.51. The first kappa shape index (κ1) is 23.8. The average molecular weight is 486 g/mol. The van der Waals surface area contributed by atoms with Crippen LogP contribution in [0.4, 0.5) is 4.79 Å². The summed E-state index contributed by atoms with van der Waals surface area (Å²) in [7, 11) is -1.30. The number of thioether (sulfide) groups is 1. The number of hydrogen-bond donors (Lipinski definition) is 1. The number of halogens is 1. The minimum Gasteiger partial charge on any atom is -0.491 e. The van der Waals surface area contributed by atoms with E-state index in [1.807, 2.05) is 12.1 Å². The zero-order valence-corrected chi connectivity index (χ0v) is 19.2. The van der Waals surface area contributed by atoms with Crippen molar-refractivity contribution in [3.05, 3.63) is 64.7 Å². The Morgan fingerprint density at radius 1 is 1.13 bits per heavy atom. The summed E-state index contributed by atoms with van der Waals surface area (Å²) in [5.41, 5.74) is 1.54. The molecule has 166 valence electrons. The number of amides is 2. The van der Waals surface area contributed by atoms with Gasteiger partial charge in [-0.25, -0.2) is 4.57 Å². The number of carbonyl (C=O) groups is 2. The molecule has 0 aliphatic carbocycles. The predicted molar refractivity (Wildman–Crippen MR) is 117 cm³/mol.